The first kappa shape index (κ1) is 18.2. The minimum atomic E-state index is -0.244. The number of carbonyl (C=O) groups is 1. The number of nitrogens with zero attached hydrogens (tertiary/aromatic N) is 5. The molecule has 2 aliphatic rings. The maximum absolute atomic E-state index is 14.2. The first-order valence-corrected chi connectivity index (χ1v) is 10.2. The van der Waals surface area contributed by atoms with Gasteiger partial charge in [0.05, 0.1) is 6.54 Å². The van der Waals surface area contributed by atoms with Crippen molar-refractivity contribution in [3.8, 4) is 0 Å². The van der Waals surface area contributed by atoms with Crippen LogP contribution in [0.1, 0.15) is 10.9 Å². The smallest absolute Gasteiger partial charge is 0.237 e. The van der Waals surface area contributed by atoms with Gasteiger partial charge in [0.1, 0.15) is 11.2 Å². The summed E-state index contributed by atoms with van der Waals surface area (Å²) in [5.74, 6) is 1.40. The van der Waals surface area contributed by atoms with E-state index in [-0.39, 0.29) is 17.1 Å². The van der Waals surface area contributed by atoms with Crippen molar-refractivity contribution in [1.29, 1.82) is 0 Å². The molecule has 1 atom stereocenters. The van der Waals surface area contributed by atoms with Crippen molar-refractivity contribution in [3.63, 3.8) is 0 Å². The highest BCUT2D eigenvalue weighted by atomic mass is 32.2. The molecule has 4 rings (SSSR count). The third-order valence-electron chi connectivity index (χ3n) is 4.95. The lowest BCUT2D eigenvalue weighted by atomic mass is 10.2. The van der Waals surface area contributed by atoms with E-state index in [1.54, 1.807) is 42.4 Å². The number of anilines is 1. The molecule has 27 heavy (non-hydrogen) atoms. The number of piperazine rings is 1. The number of hydrogen-bond donors (Lipinski definition) is 0. The standard InChI is InChI=1S/C19H22FN5OS/c20-16-5-2-1-4-15(16)18-25(12-13-27-18)17(26)14-23-8-10-24(11-9-23)19-21-6-3-7-22-19/h1-7,18H,8-14H2/t18-/m1/s1. The van der Waals surface area contributed by atoms with E-state index < -0.39 is 0 Å². The largest absolute Gasteiger partial charge is 0.338 e. The summed E-state index contributed by atoms with van der Waals surface area (Å²) in [6.45, 7) is 4.20. The first-order chi connectivity index (χ1) is 13.2. The monoisotopic (exact) mass is 387 g/mol. The molecule has 1 aromatic carbocycles. The second-order valence-electron chi connectivity index (χ2n) is 6.64. The van der Waals surface area contributed by atoms with Gasteiger partial charge in [0.15, 0.2) is 0 Å². The maximum atomic E-state index is 14.2. The van der Waals surface area contributed by atoms with Crippen LogP contribution in [0.5, 0.6) is 0 Å². The Labute approximate surface area is 162 Å². The Morgan fingerprint density at radius 2 is 1.81 bits per heavy atom. The minimum Gasteiger partial charge on any atom is -0.338 e. The molecule has 0 spiro atoms. The molecule has 0 bridgehead atoms. The Hall–Kier alpha value is -2.19. The van der Waals surface area contributed by atoms with E-state index in [2.05, 4.69) is 19.8 Å². The van der Waals surface area contributed by atoms with Crippen LogP contribution in [0.2, 0.25) is 0 Å². The molecule has 2 saturated heterocycles. The van der Waals surface area contributed by atoms with Crippen LogP contribution in [0, 0.1) is 5.82 Å². The summed E-state index contributed by atoms with van der Waals surface area (Å²) in [7, 11) is 0. The Kier molecular flexibility index (Phi) is 5.54. The molecule has 2 fully saturated rings. The number of hydrogen-bond acceptors (Lipinski definition) is 6. The lowest BCUT2D eigenvalue weighted by Crippen LogP contribution is -2.50. The fourth-order valence-electron chi connectivity index (χ4n) is 3.50. The maximum Gasteiger partial charge on any atom is 0.237 e. The van der Waals surface area contributed by atoms with Crippen LogP contribution >= 0.6 is 11.8 Å². The van der Waals surface area contributed by atoms with Crippen molar-refractivity contribution in [2.24, 2.45) is 0 Å². The van der Waals surface area contributed by atoms with E-state index in [9.17, 15) is 9.18 Å². The van der Waals surface area contributed by atoms with Gasteiger partial charge in [0, 0.05) is 56.4 Å². The highest BCUT2D eigenvalue weighted by Crippen LogP contribution is 2.38. The van der Waals surface area contributed by atoms with Crippen LogP contribution in [0.25, 0.3) is 0 Å². The van der Waals surface area contributed by atoms with Gasteiger partial charge in [-0.15, -0.1) is 11.8 Å². The molecular formula is C19H22FN5OS. The Balaban J connectivity index is 1.35. The average molecular weight is 387 g/mol. The number of thioether (sulfide) groups is 1. The molecule has 2 aromatic rings. The van der Waals surface area contributed by atoms with E-state index >= 15 is 0 Å². The molecule has 1 aromatic heterocycles. The Bertz CT molecular complexity index is 785. The average Bonchev–Trinajstić information content (AvgIpc) is 3.19. The first-order valence-electron chi connectivity index (χ1n) is 9.12. The summed E-state index contributed by atoms with van der Waals surface area (Å²) in [4.78, 5) is 27.5. The predicted octanol–water partition coefficient (Wildman–Crippen LogP) is 2.01. The molecule has 0 saturated carbocycles. The molecule has 1 amide bonds. The van der Waals surface area contributed by atoms with Crippen LogP contribution in [0.3, 0.4) is 0 Å². The summed E-state index contributed by atoms with van der Waals surface area (Å²) < 4.78 is 14.2. The van der Waals surface area contributed by atoms with Gasteiger partial charge in [-0.25, -0.2) is 14.4 Å². The highest BCUT2D eigenvalue weighted by Gasteiger charge is 2.33. The summed E-state index contributed by atoms with van der Waals surface area (Å²) in [6.07, 6.45) is 3.48. The van der Waals surface area contributed by atoms with E-state index in [4.69, 9.17) is 0 Å². The summed E-state index contributed by atoms with van der Waals surface area (Å²) in [5.41, 5.74) is 0.597. The molecule has 0 radical (unpaired) electrons. The minimum absolute atomic E-state index is 0.0673. The normalized spacial score (nSPS) is 20.9. The number of benzene rings is 1. The van der Waals surface area contributed by atoms with Crippen LogP contribution in [-0.4, -0.2) is 70.7 Å². The van der Waals surface area contributed by atoms with E-state index in [0.29, 0.717) is 18.7 Å². The number of halogens is 1. The summed E-state index contributed by atoms with van der Waals surface area (Å²) in [6, 6.07) is 8.54. The molecular weight excluding hydrogens is 365 g/mol. The van der Waals surface area contributed by atoms with E-state index in [1.807, 2.05) is 11.0 Å². The summed E-state index contributed by atoms with van der Waals surface area (Å²) in [5, 5.41) is -0.224. The quantitative estimate of drug-likeness (QED) is 0.800. The van der Waals surface area contributed by atoms with Crippen molar-refractivity contribution >= 4 is 23.6 Å². The molecule has 6 nitrogen and oxygen atoms in total. The van der Waals surface area contributed by atoms with Crippen molar-refractivity contribution in [3.05, 3.63) is 54.1 Å². The number of amides is 1. The number of rotatable bonds is 4. The molecule has 2 aliphatic heterocycles. The van der Waals surface area contributed by atoms with Crippen LogP contribution in [0.15, 0.2) is 42.7 Å². The molecule has 142 valence electrons. The van der Waals surface area contributed by atoms with Gasteiger partial charge >= 0.3 is 0 Å². The van der Waals surface area contributed by atoms with Gasteiger partial charge in [0.25, 0.3) is 0 Å². The zero-order valence-electron chi connectivity index (χ0n) is 15.0. The predicted molar refractivity (Wildman–Crippen MR) is 104 cm³/mol. The lowest BCUT2D eigenvalue weighted by Gasteiger charge is -2.35. The zero-order valence-corrected chi connectivity index (χ0v) is 15.8. The highest BCUT2D eigenvalue weighted by molar-refractivity contribution is 7.99. The van der Waals surface area contributed by atoms with Crippen LogP contribution in [0.4, 0.5) is 10.3 Å². The number of carbonyl (C=O) groups excluding carboxylic acids is 1. The lowest BCUT2D eigenvalue weighted by molar-refractivity contribution is -0.132. The second kappa shape index (κ2) is 8.22. The fourth-order valence-corrected chi connectivity index (χ4v) is 4.80. The third-order valence-corrected chi connectivity index (χ3v) is 6.19. The van der Waals surface area contributed by atoms with Crippen molar-refractivity contribution in [1.82, 2.24) is 19.8 Å². The third kappa shape index (κ3) is 4.06. The van der Waals surface area contributed by atoms with Gasteiger partial charge in [-0.3, -0.25) is 9.69 Å². The SMILES string of the molecule is O=C(CN1CCN(c2ncccn2)CC1)N1CCS[C@@H]1c1ccccc1F. The van der Waals surface area contributed by atoms with Crippen molar-refractivity contribution in [2.75, 3.05) is 49.9 Å². The zero-order chi connectivity index (χ0) is 18.6. The van der Waals surface area contributed by atoms with Gasteiger partial charge < -0.3 is 9.80 Å². The molecule has 0 unspecified atom stereocenters. The Morgan fingerprint density at radius 3 is 2.56 bits per heavy atom. The van der Waals surface area contributed by atoms with E-state index in [0.717, 1.165) is 37.9 Å². The van der Waals surface area contributed by atoms with Gasteiger partial charge in [-0.1, -0.05) is 18.2 Å². The summed E-state index contributed by atoms with van der Waals surface area (Å²) >= 11 is 1.63. The molecule has 0 aliphatic carbocycles. The van der Waals surface area contributed by atoms with Crippen LogP contribution < -0.4 is 4.90 Å². The van der Waals surface area contributed by atoms with Gasteiger partial charge in [0.2, 0.25) is 11.9 Å². The van der Waals surface area contributed by atoms with Gasteiger partial charge in [-0.2, -0.15) is 0 Å². The van der Waals surface area contributed by atoms with Crippen LogP contribution in [-0.2, 0) is 4.79 Å². The fraction of sp³-hybridized carbons (Fsp3) is 0.421. The molecule has 0 N–H and O–H groups in total. The molecule has 3 heterocycles. The number of aromatic nitrogens is 2. The Morgan fingerprint density at radius 1 is 1.07 bits per heavy atom. The van der Waals surface area contributed by atoms with Crippen molar-refractivity contribution < 1.29 is 9.18 Å². The second-order valence-corrected chi connectivity index (χ2v) is 7.83. The van der Waals surface area contributed by atoms with Gasteiger partial charge in [-0.05, 0) is 12.1 Å². The molecule has 8 heteroatoms. The van der Waals surface area contributed by atoms with E-state index in [1.165, 1.54) is 6.07 Å². The topological polar surface area (TPSA) is 52.6 Å². The van der Waals surface area contributed by atoms with Crippen molar-refractivity contribution in [2.45, 2.75) is 5.37 Å².